The number of nitrogens with zero attached hydrogens (tertiary/aromatic N) is 1. The third-order valence-corrected chi connectivity index (χ3v) is 13.3. The number of phosphoric acid groups is 1. The first-order valence-electron chi connectivity index (χ1n) is 29.6. The molecule has 0 aromatic rings. The highest BCUT2D eigenvalue weighted by molar-refractivity contribution is 7.47. The molecule has 0 fully saturated rings. The van der Waals surface area contributed by atoms with Gasteiger partial charge in [-0.1, -0.05) is 237 Å². The molecule has 9 heteroatoms. The Labute approximate surface area is 456 Å². The minimum Gasteiger partial charge on any atom is -0.387 e. The SMILES string of the molecule is CC/C=C\C/C=C\C/C=C\C/C=C\C/C=C\C/C=C\C/C=C\C/C=C\CCCCCCCCCCC(=O)NC(COP(=O)(O)OCC[N+](C)(C)C)C(O)/C=C/CC/C=C/CC/C=C/CCCCCCCCCCC. The number of likely N-dealkylation sites (N-methyl/N-ethyl adjacent to an activating group) is 1. The van der Waals surface area contributed by atoms with Crippen LogP contribution in [-0.2, 0) is 18.4 Å². The molecule has 422 valence electrons. The van der Waals surface area contributed by atoms with Crippen LogP contribution in [0.3, 0.4) is 0 Å². The number of aliphatic hydroxyl groups is 1. The maximum Gasteiger partial charge on any atom is 0.472 e. The first-order valence-corrected chi connectivity index (χ1v) is 31.1. The maximum atomic E-state index is 13.0. The lowest BCUT2D eigenvalue weighted by molar-refractivity contribution is -0.870. The van der Waals surface area contributed by atoms with Crippen LogP contribution in [0.5, 0.6) is 0 Å². The summed E-state index contributed by atoms with van der Waals surface area (Å²) in [5, 5.41) is 13.9. The van der Waals surface area contributed by atoms with Crippen LogP contribution in [0.2, 0.25) is 0 Å². The van der Waals surface area contributed by atoms with Crippen LogP contribution in [0.25, 0.3) is 0 Å². The fourth-order valence-corrected chi connectivity index (χ4v) is 8.47. The van der Waals surface area contributed by atoms with E-state index in [4.69, 9.17) is 9.05 Å². The second kappa shape index (κ2) is 54.4. The van der Waals surface area contributed by atoms with Crippen molar-refractivity contribution in [3.8, 4) is 0 Å². The van der Waals surface area contributed by atoms with Crippen molar-refractivity contribution in [3.05, 3.63) is 134 Å². The van der Waals surface area contributed by atoms with Crippen molar-refractivity contribution in [2.45, 2.75) is 231 Å². The maximum absolute atomic E-state index is 13.0. The van der Waals surface area contributed by atoms with Gasteiger partial charge in [-0.3, -0.25) is 13.8 Å². The molecule has 0 radical (unpaired) electrons. The number of nitrogens with one attached hydrogen (secondary N) is 1. The average Bonchev–Trinajstić information content (AvgIpc) is 3.36. The van der Waals surface area contributed by atoms with Crippen molar-refractivity contribution in [1.29, 1.82) is 0 Å². The van der Waals surface area contributed by atoms with Crippen molar-refractivity contribution in [3.63, 3.8) is 0 Å². The molecule has 0 aromatic carbocycles. The summed E-state index contributed by atoms with van der Waals surface area (Å²) in [6, 6.07) is -0.885. The molecule has 0 saturated carbocycles. The van der Waals surface area contributed by atoms with E-state index in [9.17, 15) is 19.4 Å². The molecule has 74 heavy (non-hydrogen) atoms. The fourth-order valence-electron chi connectivity index (χ4n) is 7.74. The molecular weight excluding hydrogens is 936 g/mol. The van der Waals surface area contributed by atoms with Crippen LogP contribution in [0, 0.1) is 0 Å². The van der Waals surface area contributed by atoms with Crippen LogP contribution in [0.1, 0.15) is 219 Å². The summed E-state index contributed by atoms with van der Waals surface area (Å²) >= 11 is 0. The van der Waals surface area contributed by atoms with Gasteiger partial charge in [-0.05, 0) is 109 Å². The number of aliphatic hydroxyl groups excluding tert-OH is 1. The first kappa shape index (κ1) is 70.6. The topological polar surface area (TPSA) is 105 Å². The third-order valence-electron chi connectivity index (χ3n) is 12.3. The Balaban J connectivity index is 4.29. The standard InChI is InChI=1S/C65H111N2O6P/c1-6-8-10-12-14-16-18-20-22-24-26-27-28-29-30-31-32-33-34-35-36-37-38-39-41-43-45-47-49-51-53-55-57-59-65(69)66-63(62-73-74(70,71)72-61-60-67(3,4)5)64(68)58-56-54-52-50-48-46-44-42-40-25-23-21-19-17-15-13-11-9-7-2/h8,10,14,16,20,22,26-27,29-30,32-33,35-36,38-40,42,48,50,56,58,63-64,68H,6-7,9,11-13,15,17-19,21,23-25,28,31,34,37,41,43-47,49,51-55,57,59-62H2,1-5H3,(H-,66,69,70,71)/p+1/b10-8-,16-14-,22-20-,27-26-,30-29-,33-32-,36-35-,39-38-,42-40+,50-48+,58-56+. The van der Waals surface area contributed by atoms with E-state index in [1.807, 2.05) is 27.2 Å². The molecule has 0 heterocycles. The van der Waals surface area contributed by atoms with Gasteiger partial charge in [0.25, 0.3) is 0 Å². The minimum absolute atomic E-state index is 0.0447. The summed E-state index contributed by atoms with van der Waals surface area (Å²) < 4.78 is 23.7. The summed E-state index contributed by atoms with van der Waals surface area (Å²) in [7, 11) is 1.52. The van der Waals surface area contributed by atoms with E-state index in [0.29, 0.717) is 17.4 Å². The van der Waals surface area contributed by atoms with Gasteiger partial charge in [0.2, 0.25) is 5.91 Å². The average molecular weight is 1050 g/mol. The molecule has 8 nitrogen and oxygen atoms in total. The Morgan fingerprint density at radius 3 is 1.24 bits per heavy atom. The smallest absolute Gasteiger partial charge is 0.387 e. The number of carbonyl (C=O) groups is 1. The first-order chi connectivity index (χ1) is 36.0. The minimum atomic E-state index is -4.37. The number of hydrogen-bond donors (Lipinski definition) is 3. The Bertz CT molecular complexity index is 1660. The van der Waals surface area contributed by atoms with Gasteiger partial charge in [0.05, 0.1) is 39.9 Å². The summed E-state index contributed by atoms with van der Waals surface area (Å²) in [6.07, 6.45) is 82.7. The second-order valence-corrected chi connectivity index (χ2v) is 22.1. The molecule has 0 aliphatic rings. The van der Waals surface area contributed by atoms with E-state index in [-0.39, 0.29) is 19.1 Å². The highest BCUT2D eigenvalue weighted by Gasteiger charge is 2.27. The lowest BCUT2D eigenvalue weighted by Crippen LogP contribution is -2.45. The lowest BCUT2D eigenvalue weighted by Gasteiger charge is -2.25. The van der Waals surface area contributed by atoms with E-state index >= 15 is 0 Å². The molecular formula is C65H112N2O6P+. The number of allylic oxidation sites excluding steroid dienone is 21. The van der Waals surface area contributed by atoms with E-state index in [0.717, 1.165) is 109 Å². The highest BCUT2D eigenvalue weighted by atomic mass is 31.2. The van der Waals surface area contributed by atoms with Gasteiger partial charge in [-0.25, -0.2) is 4.57 Å². The molecule has 0 rings (SSSR count). The molecule has 3 N–H and O–H groups in total. The Hall–Kier alpha value is -3.36. The van der Waals surface area contributed by atoms with Gasteiger partial charge in [0.1, 0.15) is 13.2 Å². The largest absolute Gasteiger partial charge is 0.472 e. The molecule has 0 saturated heterocycles. The van der Waals surface area contributed by atoms with E-state index in [1.54, 1.807) is 6.08 Å². The normalized spacial score (nSPS) is 14.9. The lowest BCUT2D eigenvalue weighted by atomic mass is 10.1. The number of amides is 1. The number of carbonyl (C=O) groups excluding carboxylic acids is 1. The monoisotopic (exact) mass is 1050 g/mol. The van der Waals surface area contributed by atoms with Crippen molar-refractivity contribution in [1.82, 2.24) is 5.32 Å². The molecule has 0 aliphatic heterocycles. The molecule has 0 aromatic heterocycles. The summed E-state index contributed by atoms with van der Waals surface area (Å²) in [4.78, 5) is 23.3. The second-order valence-electron chi connectivity index (χ2n) is 20.6. The predicted molar refractivity (Wildman–Crippen MR) is 322 cm³/mol. The molecule has 3 unspecified atom stereocenters. The molecule has 0 spiro atoms. The zero-order valence-corrected chi connectivity index (χ0v) is 48.9. The van der Waals surface area contributed by atoms with Crippen LogP contribution >= 0.6 is 7.82 Å². The van der Waals surface area contributed by atoms with Crippen molar-refractivity contribution in [2.24, 2.45) is 0 Å². The van der Waals surface area contributed by atoms with Crippen molar-refractivity contribution >= 4 is 13.7 Å². The van der Waals surface area contributed by atoms with Crippen LogP contribution in [0.15, 0.2) is 134 Å². The summed E-state index contributed by atoms with van der Waals surface area (Å²) in [6.45, 7) is 4.65. The van der Waals surface area contributed by atoms with E-state index in [1.165, 1.54) is 89.9 Å². The zero-order valence-electron chi connectivity index (χ0n) is 48.0. The number of phosphoric ester groups is 1. The van der Waals surface area contributed by atoms with Gasteiger partial charge in [-0.15, -0.1) is 0 Å². The number of hydrogen-bond acceptors (Lipinski definition) is 5. The van der Waals surface area contributed by atoms with Gasteiger partial charge in [-0.2, -0.15) is 0 Å². The molecule has 0 aliphatic carbocycles. The highest BCUT2D eigenvalue weighted by Crippen LogP contribution is 2.43. The van der Waals surface area contributed by atoms with Crippen LogP contribution in [-0.4, -0.2) is 73.4 Å². The third kappa shape index (κ3) is 56.4. The van der Waals surface area contributed by atoms with Crippen molar-refractivity contribution < 1.29 is 32.9 Å². The number of rotatable bonds is 52. The van der Waals surface area contributed by atoms with E-state index in [2.05, 4.69) is 141 Å². The number of unbranched alkanes of at least 4 members (excludes halogenated alkanes) is 19. The quantitative estimate of drug-likeness (QED) is 0.0243. The summed E-state index contributed by atoms with van der Waals surface area (Å²) in [5.74, 6) is -0.205. The Kier molecular flexibility index (Phi) is 52.0. The van der Waals surface area contributed by atoms with Crippen molar-refractivity contribution in [2.75, 3.05) is 40.9 Å². The number of quaternary nitrogens is 1. The molecule has 1 amide bonds. The Morgan fingerprint density at radius 1 is 0.473 bits per heavy atom. The van der Waals surface area contributed by atoms with Gasteiger partial charge in [0.15, 0.2) is 0 Å². The predicted octanol–water partition coefficient (Wildman–Crippen LogP) is 18.3. The molecule has 0 bridgehead atoms. The van der Waals surface area contributed by atoms with Gasteiger partial charge in [0, 0.05) is 6.42 Å². The van der Waals surface area contributed by atoms with Gasteiger partial charge >= 0.3 is 7.82 Å². The van der Waals surface area contributed by atoms with E-state index < -0.39 is 20.0 Å². The molecule has 3 atom stereocenters. The van der Waals surface area contributed by atoms with Crippen LogP contribution < -0.4 is 5.32 Å². The summed E-state index contributed by atoms with van der Waals surface area (Å²) in [5.41, 5.74) is 0. The Morgan fingerprint density at radius 2 is 0.824 bits per heavy atom. The zero-order chi connectivity index (χ0) is 54.2. The van der Waals surface area contributed by atoms with Crippen LogP contribution in [0.4, 0.5) is 0 Å². The van der Waals surface area contributed by atoms with Gasteiger partial charge < -0.3 is 19.8 Å². The fraction of sp³-hybridized carbons (Fsp3) is 0.646.